The summed E-state index contributed by atoms with van der Waals surface area (Å²) < 4.78 is 5.08. The maximum Gasteiger partial charge on any atom is 0.255 e. The highest BCUT2D eigenvalue weighted by molar-refractivity contribution is 7.07. The van der Waals surface area contributed by atoms with Gasteiger partial charge in [-0.05, 0) is 40.6 Å². The molecule has 0 fully saturated rings. The van der Waals surface area contributed by atoms with Crippen molar-refractivity contribution in [1.29, 1.82) is 0 Å². The van der Waals surface area contributed by atoms with Crippen LogP contribution in [0.15, 0.2) is 35.0 Å². The second-order valence-electron chi connectivity index (χ2n) is 4.48. The highest BCUT2D eigenvalue weighted by atomic mass is 35.5. The molecule has 1 amide bonds. The molecular weight excluding hydrogens is 329 g/mol. The first kappa shape index (κ1) is 16.3. The van der Waals surface area contributed by atoms with Gasteiger partial charge in [-0.25, -0.2) is 0 Å². The molecule has 21 heavy (non-hydrogen) atoms. The predicted octanol–water partition coefficient (Wildman–Crippen LogP) is 4.34. The van der Waals surface area contributed by atoms with Gasteiger partial charge >= 0.3 is 0 Å². The molecule has 0 N–H and O–H groups in total. The van der Waals surface area contributed by atoms with Crippen molar-refractivity contribution < 1.29 is 9.53 Å². The van der Waals surface area contributed by atoms with E-state index in [0.717, 1.165) is 5.56 Å². The first-order chi connectivity index (χ1) is 10.1. The molecule has 0 bridgehead atoms. The molecule has 1 aromatic heterocycles. The van der Waals surface area contributed by atoms with E-state index in [2.05, 4.69) is 0 Å². The number of amides is 1. The van der Waals surface area contributed by atoms with E-state index in [9.17, 15) is 4.79 Å². The summed E-state index contributed by atoms with van der Waals surface area (Å²) in [5.74, 6) is -0.125. The number of hydrogen-bond acceptors (Lipinski definition) is 3. The van der Waals surface area contributed by atoms with E-state index < -0.39 is 0 Å². The molecule has 0 atom stereocenters. The van der Waals surface area contributed by atoms with Gasteiger partial charge in [0.15, 0.2) is 0 Å². The van der Waals surface area contributed by atoms with E-state index in [1.165, 1.54) is 0 Å². The summed E-state index contributed by atoms with van der Waals surface area (Å²) in [6.45, 7) is 1.51. The highest BCUT2D eigenvalue weighted by Gasteiger charge is 2.19. The molecule has 6 heteroatoms. The molecule has 0 unspecified atom stereocenters. The van der Waals surface area contributed by atoms with Gasteiger partial charge in [0.2, 0.25) is 0 Å². The zero-order chi connectivity index (χ0) is 15.2. The Labute approximate surface area is 138 Å². The van der Waals surface area contributed by atoms with Crippen LogP contribution in [0, 0.1) is 0 Å². The lowest BCUT2D eigenvalue weighted by Crippen LogP contribution is -2.33. The van der Waals surface area contributed by atoms with Gasteiger partial charge in [0.1, 0.15) is 0 Å². The molecule has 2 rings (SSSR count). The van der Waals surface area contributed by atoms with Crippen molar-refractivity contribution >= 4 is 40.4 Å². The lowest BCUT2D eigenvalue weighted by atomic mass is 10.2. The van der Waals surface area contributed by atoms with E-state index in [-0.39, 0.29) is 5.91 Å². The SMILES string of the molecule is COCCN(Cc1ccsc1)C(=O)c1ccc(Cl)cc1Cl. The van der Waals surface area contributed by atoms with E-state index in [1.807, 2.05) is 16.8 Å². The minimum Gasteiger partial charge on any atom is -0.383 e. The van der Waals surface area contributed by atoms with Gasteiger partial charge in [-0.2, -0.15) is 11.3 Å². The van der Waals surface area contributed by atoms with Gasteiger partial charge in [-0.15, -0.1) is 0 Å². The molecule has 0 saturated carbocycles. The molecule has 3 nitrogen and oxygen atoms in total. The molecule has 0 aliphatic heterocycles. The molecule has 0 aliphatic carbocycles. The van der Waals surface area contributed by atoms with Gasteiger partial charge in [0.25, 0.3) is 5.91 Å². The minimum absolute atomic E-state index is 0.125. The summed E-state index contributed by atoms with van der Waals surface area (Å²) in [4.78, 5) is 14.4. The number of ether oxygens (including phenoxy) is 1. The molecule has 0 aliphatic rings. The van der Waals surface area contributed by atoms with Crippen molar-refractivity contribution in [3.63, 3.8) is 0 Å². The molecule has 0 spiro atoms. The Morgan fingerprint density at radius 1 is 1.33 bits per heavy atom. The van der Waals surface area contributed by atoms with Crippen molar-refractivity contribution in [2.45, 2.75) is 6.54 Å². The topological polar surface area (TPSA) is 29.5 Å². The average Bonchev–Trinajstić information content (AvgIpc) is 2.95. The number of hydrogen-bond donors (Lipinski definition) is 0. The van der Waals surface area contributed by atoms with Crippen molar-refractivity contribution in [3.8, 4) is 0 Å². The number of nitrogens with zero attached hydrogens (tertiary/aromatic N) is 1. The average molecular weight is 344 g/mol. The van der Waals surface area contributed by atoms with Crippen molar-refractivity contribution in [1.82, 2.24) is 4.90 Å². The lowest BCUT2D eigenvalue weighted by Gasteiger charge is -2.22. The molecule has 112 valence electrons. The third-order valence-electron chi connectivity index (χ3n) is 2.97. The summed E-state index contributed by atoms with van der Waals surface area (Å²) in [6, 6.07) is 6.90. The second kappa shape index (κ2) is 7.80. The first-order valence-electron chi connectivity index (χ1n) is 6.36. The minimum atomic E-state index is -0.125. The van der Waals surface area contributed by atoms with E-state index >= 15 is 0 Å². The van der Waals surface area contributed by atoms with Gasteiger partial charge in [-0.3, -0.25) is 4.79 Å². The third-order valence-corrected chi connectivity index (χ3v) is 4.25. The van der Waals surface area contributed by atoms with Crippen LogP contribution in [-0.4, -0.2) is 31.1 Å². The summed E-state index contributed by atoms with van der Waals surface area (Å²) in [5.41, 5.74) is 1.54. The summed E-state index contributed by atoms with van der Waals surface area (Å²) >= 11 is 13.6. The molecular formula is C15H15Cl2NO2S. The smallest absolute Gasteiger partial charge is 0.255 e. The van der Waals surface area contributed by atoms with Gasteiger partial charge in [0.05, 0.1) is 17.2 Å². The van der Waals surface area contributed by atoms with E-state index in [1.54, 1.807) is 41.5 Å². The van der Waals surface area contributed by atoms with Crippen LogP contribution in [0.2, 0.25) is 10.0 Å². The van der Waals surface area contributed by atoms with Crippen LogP contribution >= 0.6 is 34.5 Å². The number of benzene rings is 1. The summed E-state index contributed by atoms with van der Waals surface area (Å²) in [5, 5.41) is 4.89. The Morgan fingerprint density at radius 3 is 2.76 bits per heavy atom. The quantitative estimate of drug-likeness (QED) is 0.780. The second-order valence-corrected chi connectivity index (χ2v) is 6.10. The highest BCUT2D eigenvalue weighted by Crippen LogP contribution is 2.23. The maximum absolute atomic E-state index is 12.7. The van der Waals surface area contributed by atoms with E-state index in [0.29, 0.717) is 35.3 Å². The Balaban J connectivity index is 2.20. The van der Waals surface area contributed by atoms with Crippen molar-refractivity contribution in [2.24, 2.45) is 0 Å². The summed E-state index contributed by atoms with van der Waals surface area (Å²) in [7, 11) is 1.61. The number of carbonyl (C=O) groups excluding carboxylic acids is 1. The molecule has 1 heterocycles. The van der Waals surface area contributed by atoms with Gasteiger partial charge in [0, 0.05) is 25.2 Å². The van der Waals surface area contributed by atoms with Crippen LogP contribution in [0.3, 0.4) is 0 Å². The van der Waals surface area contributed by atoms with Gasteiger partial charge in [-0.1, -0.05) is 23.2 Å². The first-order valence-corrected chi connectivity index (χ1v) is 8.06. The Bertz CT molecular complexity index is 602. The van der Waals surface area contributed by atoms with Gasteiger partial charge < -0.3 is 9.64 Å². The van der Waals surface area contributed by atoms with Crippen molar-refractivity contribution in [2.75, 3.05) is 20.3 Å². The molecule has 2 aromatic rings. The van der Waals surface area contributed by atoms with E-state index in [4.69, 9.17) is 27.9 Å². The number of methoxy groups -OCH3 is 1. The van der Waals surface area contributed by atoms with Crippen LogP contribution in [0.4, 0.5) is 0 Å². The summed E-state index contributed by atoms with van der Waals surface area (Å²) in [6.07, 6.45) is 0. The number of rotatable bonds is 6. The Morgan fingerprint density at radius 2 is 2.14 bits per heavy atom. The molecule has 0 saturated heterocycles. The Hall–Kier alpha value is -1.07. The zero-order valence-corrected chi connectivity index (χ0v) is 13.8. The molecule has 0 radical (unpaired) electrons. The maximum atomic E-state index is 12.7. The van der Waals surface area contributed by atoms with Crippen LogP contribution < -0.4 is 0 Å². The zero-order valence-electron chi connectivity index (χ0n) is 11.5. The van der Waals surface area contributed by atoms with Crippen LogP contribution in [0.5, 0.6) is 0 Å². The largest absolute Gasteiger partial charge is 0.383 e. The molecule has 1 aromatic carbocycles. The number of halogens is 2. The van der Waals surface area contributed by atoms with Crippen LogP contribution in [-0.2, 0) is 11.3 Å². The standard InChI is InChI=1S/C15H15Cl2NO2S/c1-20-6-5-18(9-11-4-7-21-10-11)15(19)13-3-2-12(16)8-14(13)17/h2-4,7-8,10H,5-6,9H2,1H3. The van der Waals surface area contributed by atoms with Crippen LogP contribution in [0.25, 0.3) is 0 Å². The number of thiophene rings is 1. The third kappa shape index (κ3) is 4.45. The number of carbonyl (C=O) groups is 1. The predicted molar refractivity (Wildman–Crippen MR) is 87.4 cm³/mol. The van der Waals surface area contributed by atoms with Crippen LogP contribution in [0.1, 0.15) is 15.9 Å². The lowest BCUT2D eigenvalue weighted by molar-refractivity contribution is 0.0681. The fourth-order valence-electron chi connectivity index (χ4n) is 1.89. The van der Waals surface area contributed by atoms with Crippen molar-refractivity contribution in [3.05, 3.63) is 56.2 Å². The monoisotopic (exact) mass is 343 g/mol. The fourth-order valence-corrected chi connectivity index (χ4v) is 3.04. The Kier molecular flexibility index (Phi) is 6.06. The normalized spacial score (nSPS) is 10.6. The fraction of sp³-hybridized carbons (Fsp3) is 0.267.